The van der Waals surface area contributed by atoms with E-state index in [1.54, 1.807) is 0 Å². The van der Waals surface area contributed by atoms with E-state index < -0.39 is 0 Å². The standard InChI is InChI=1S/C54H33NO2/c1-2-12-34(13-3-1)41-28-29-47(53-48-19-9-11-21-51(48)57-54(41)53)43-30-31-49(44-17-7-6-16-42(43)44)55(38-25-27-46-45-18-8-10-20-50(45)56-52(46)33-38)37-24-26-40-36(32-37)23-22-35-14-4-5-15-39(35)40/h1-33H. The van der Waals surface area contributed by atoms with Crippen LogP contribution in [0.3, 0.4) is 0 Å². The number of hydrogen-bond donors (Lipinski definition) is 0. The minimum atomic E-state index is 0.860. The van der Waals surface area contributed by atoms with E-state index in [0.717, 1.165) is 94.0 Å². The van der Waals surface area contributed by atoms with Crippen LogP contribution in [0.25, 0.3) is 98.4 Å². The van der Waals surface area contributed by atoms with Gasteiger partial charge in [0.05, 0.1) is 5.69 Å². The Labute approximate surface area is 328 Å². The Morgan fingerprint density at radius 3 is 1.74 bits per heavy atom. The highest BCUT2D eigenvalue weighted by atomic mass is 16.3. The number of rotatable bonds is 5. The van der Waals surface area contributed by atoms with Crippen LogP contribution in [0, 0.1) is 0 Å². The van der Waals surface area contributed by atoms with E-state index in [0.29, 0.717) is 0 Å². The molecule has 2 heterocycles. The fraction of sp³-hybridized carbons (Fsp3) is 0. The lowest BCUT2D eigenvalue weighted by atomic mass is 9.91. The maximum Gasteiger partial charge on any atom is 0.143 e. The third-order valence-electron chi connectivity index (χ3n) is 11.7. The second-order valence-corrected chi connectivity index (χ2v) is 14.8. The van der Waals surface area contributed by atoms with Gasteiger partial charge in [-0.05, 0) is 92.2 Å². The summed E-state index contributed by atoms with van der Waals surface area (Å²) in [5.41, 5.74) is 11.2. The lowest BCUT2D eigenvalue weighted by molar-refractivity contribution is 0.669. The van der Waals surface area contributed by atoms with Gasteiger partial charge >= 0.3 is 0 Å². The van der Waals surface area contributed by atoms with Crippen LogP contribution in [-0.4, -0.2) is 0 Å². The van der Waals surface area contributed by atoms with E-state index in [4.69, 9.17) is 8.83 Å². The zero-order chi connectivity index (χ0) is 37.5. The topological polar surface area (TPSA) is 29.5 Å². The Morgan fingerprint density at radius 1 is 0.316 bits per heavy atom. The molecule has 0 radical (unpaired) electrons. The van der Waals surface area contributed by atoms with Crippen LogP contribution >= 0.6 is 0 Å². The van der Waals surface area contributed by atoms with Crippen LogP contribution in [0.5, 0.6) is 0 Å². The highest BCUT2D eigenvalue weighted by molar-refractivity contribution is 6.20. The summed E-state index contributed by atoms with van der Waals surface area (Å²) in [6, 6.07) is 71.5. The number of benzene rings is 10. The SMILES string of the molecule is c1ccc(-c2ccc(-c3ccc(N(c4ccc5c(ccc6ccccc65)c4)c4ccc5c(c4)oc4ccccc45)c4ccccc34)c3c2oc2ccccc23)cc1. The molecule has 10 aromatic carbocycles. The summed E-state index contributed by atoms with van der Waals surface area (Å²) in [6.07, 6.45) is 0. The Kier molecular flexibility index (Phi) is 6.93. The van der Waals surface area contributed by atoms with Crippen molar-refractivity contribution < 1.29 is 8.83 Å². The zero-order valence-electron chi connectivity index (χ0n) is 30.8. The van der Waals surface area contributed by atoms with Crippen molar-refractivity contribution in [3.8, 4) is 22.3 Å². The van der Waals surface area contributed by atoms with Gasteiger partial charge in [0.15, 0.2) is 0 Å². The molecular formula is C54H33NO2. The van der Waals surface area contributed by atoms with Crippen LogP contribution in [0.15, 0.2) is 209 Å². The van der Waals surface area contributed by atoms with Gasteiger partial charge in [-0.2, -0.15) is 0 Å². The molecule has 3 heteroatoms. The molecule has 12 rings (SSSR count). The third kappa shape index (κ3) is 4.92. The minimum absolute atomic E-state index is 0.860. The quantitative estimate of drug-likeness (QED) is 0.165. The third-order valence-corrected chi connectivity index (χ3v) is 11.7. The highest BCUT2D eigenvalue weighted by Gasteiger charge is 2.22. The van der Waals surface area contributed by atoms with E-state index in [9.17, 15) is 0 Å². The molecule has 0 spiro atoms. The first-order valence-electron chi connectivity index (χ1n) is 19.4. The van der Waals surface area contributed by atoms with Crippen molar-refractivity contribution in [2.45, 2.75) is 0 Å². The van der Waals surface area contributed by atoms with Crippen molar-refractivity contribution in [3.63, 3.8) is 0 Å². The molecule has 3 nitrogen and oxygen atoms in total. The van der Waals surface area contributed by atoms with Crippen molar-refractivity contribution in [1.29, 1.82) is 0 Å². The van der Waals surface area contributed by atoms with Crippen LogP contribution in [0.1, 0.15) is 0 Å². The molecule has 0 saturated carbocycles. The van der Waals surface area contributed by atoms with E-state index in [1.165, 1.54) is 21.5 Å². The molecular weight excluding hydrogens is 695 g/mol. The molecule has 0 N–H and O–H groups in total. The van der Waals surface area contributed by atoms with Crippen molar-refractivity contribution in [3.05, 3.63) is 200 Å². The lowest BCUT2D eigenvalue weighted by Gasteiger charge is -2.28. The van der Waals surface area contributed by atoms with Gasteiger partial charge in [-0.3, -0.25) is 0 Å². The fourth-order valence-corrected chi connectivity index (χ4v) is 9.03. The van der Waals surface area contributed by atoms with Crippen LogP contribution in [0.4, 0.5) is 17.1 Å². The van der Waals surface area contributed by atoms with Crippen molar-refractivity contribution in [2.24, 2.45) is 0 Å². The Morgan fingerprint density at radius 2 is 0.895 bits per heavy atom. The minimum Gasteiger partial charge on any atom is -0.456 e. The van der Waals surface area contributed by atoms with Gasteiger partial charge in [-0.25, -0.2) is 0 Å². The number of furan rings is 2. The molecule has 0 aliphatic rings. The number of para-hydroxylation sites is 2. The monoisotopic (exact) mass is 727 g/mol. The van der Waals surface area contributed by atoms with Gasteiger partial charge in [0.1, 0.15) is 22.3 Å². The van der Waals surface area contributed by atoms with Gasteiger partial charge < -0.3 is 13.7 Å². The number of fused-ring (bicyclic) bond motifs is 10. The van der Waals surface area contributed by atoms with Gasteiger partial charge in [-0.1, -0.05) is 146 Å². The summed E-state index contributed by atoms with van der Waals surface area (Å²) >= 11 is 0. The average molecular weight is 728 g/mol. The van der Waals surface area contributed by atoms with Crippen molar-refractivity contribution >= 4 is 93.3 Å². The molecule has 0 unspecified atom stereocenters. The van der Waals surface area contributed by atoms with Crippen LogP contribution < -0.4 is 4.90 Å². The summed E-state index contributed by atoms with van der Waals surface area (Å²) in [5, 5.41) is 11.7. The lowest BCUT2D eigenvalue weighted by Crippen LogP contribution is -2.10. The molecule has 266 valence electrons. The molecule has 0 amide bonds. The molecule has 0 atom stereocenters. The summed E-state index contributed by atoms with van der Waals surface area (Å²) in [6.45, 7) is 0. The van der Waals surface area contributed by atoms with Gasteiger partial charge in [0.25, 0.3) is 0 Å². The molecule has 12 aromatic rings. The highest BCUT2D eigenvalue weighted by Crippen LogP contribution is 2.47. The predicted octanol–water partition coefficient (Wildman–Crippen LogP) is 15.7. The fourth-order valence-electron chi connectivity index (χ4n) is 9.03. The number of hydrogen-bond acceptors (Lipinski definition) is 3. The molecule has 2 aromatic heterocycles. The molecule has 0 fully saturated rings. The second-order valence-electron chi connectivity index (χ2n) is 14.8. The molecule has 0 saturated heterocycles. The number of anilines is 3. The van der Waals surface area contributed by atoms with Gasteiger partial charge in [0.2, 0.25) is 0 Å². The summed E-state index contributed by atoms with van der Waals surface area (Å²) in [5.74, 6) is 0. The molecule has 0 bridgehead atoms. The normalized spacial score (nSPS) is 11.9. The Balaban J connectivity index is 1.10. The predicted molar refractivity (Wildman–Crippen MR) is 239 cm³/mol. The summed E-state index contributed by atoms with van der Waals surface area (Å²) < 4.78 is 13.2. The largest absolute Gasteiger partial charge is 0.456 e. The Bertz CT molecular complexity index is 3540. The van der Waals surface area contributed by atoms with Crippen molar-refractivity contribution in [2.75, 3.05) is 4.90 Å². The van der Waals surface area contributed by atoms with E-state index in [-0.39, 0.29) is 0 Å². The smallest absolute Gasteiger partial charge is 0.143 e. The van der Waals surface area contributed by atoms with Crippen LogP contribution in [-0.2, 0) is 0 Å². The van der Waals surface area contributed by atoms with E-state index in [2.05, 4.69) is 187 Å². The zero-order valence-corrected chi connectivity index (χ0v) is 30.8. The van der Waals surface area contributed by atoms with Crippen LogP contribution in [0.2, 0.25) is 0 Å². The van der Waals surface area contributed by atoms with E-state index >= 15 is 0 Å². The summed E-state index contributed by atoms with van der Waals surface area (Å²) in [7, 11) is 0. The van der Waals surface area contributed by atoms with Gasteiger partial charge in [-0.15, -0.1) is 0 Å². The van der Waals surface area contributed by atoms with Gasteiger partial charge in [0, 0.05) is 49.9 Å². The maximum absolute atomic E-state index is 6.69. The summed E-state index contributed by atoms with van der Waals surface area (Å²) in [4.78, 5) is 2.38. The van der Waals surface area contributed by atoms with E-state index in [1.807, 2.05) is 18.2 Å². The second kappa shape index (κ2) is 12.5. The average Bonchev–Trinajstić information content (AvgIpc) is 3.85. The molecule has 0 aliphatic heterocycles. The number of nitrogens with zero attached hydrogens (tertiary/aromatic N) is 1. The first-order valence-corrected chi connectivity index (χ1v) is 19.4. The Hall–Kier alpha value is -7.62. The maximum atomic E-state index is 6.69. The van der Waals surface area contributed by atoms with Crippen molar-refractivity contribution in [1.82, 2.24) is 0 Å². The first-order chi connectivity index (χ1) is 28.3. The molecule has 57 heavy (non-hydrogen) atoms. The first kappa shape index (κ1) is 31.7. The molecule has 0 aliphatic carbocycles.